The van der Waals surface area contributed by atoms with E-state index in [0.29, 0.717) is 11.1 Å². The number of sulfonamides is 1. The Kier molecular flexibility index (Phi) is 7.14. The van der Waals surface area contributed by atoms with Crippen molar-refractivity contribution in [3.63, 3.8) is 0 Å². The number of nitrogens with zero attached hydrogens (tertiary/aromatic N) is 3. The maximum Gasteiger partial charge on any atom is 0.244 e. The number of anilines is 1. The van der Waals surface area contributed by atoms with Gasteiger partial charge in [0.1, 0.15) is 17.6 Å². The second-order valence-electron chi connectivity index (χ2n) is 8.14. The lowest BCUT2D eigenvalue weighted by atomic mass is 10.1. The first kappa shape index (κ1) is 25.8. The molecule has 1 aliphatic rings. The van der Waals surface area contributed by atoms with Gasteiger partial charge in [0.25, 0.3) is 0 Å². The van der Waals surface area contributed by atoms with Gasteiger partial charge in [-0.25, -0.2) is 22.8 Å². The van der Waals surface area contributed by atoms with Crippen molar-refractivity contribution >= 4 is 33.5 Å². The molecule has 0 saturated carbocycles. The number of nitrogen functional groups attached to an aromatic ring is 1. The number of carbonyl (C=O) groups excluding carboxylic acids is 1. The molecule has 2 aromatic carbocycles. The molecule has 0 fully saturated rings. The molecule has 1 aliphatic heterocycles. The molecule has 0 unspecified atom stereocenters. The van der Waals surface area contributed by atoms with E-state index in [1.807, 2.05) is 0 Å². The normalized spacial score (nSPS) is 16.2. The molecule has 190 valence electrons. The van der Waals surface area contributed by atoms with Crippen molar-refractivity contribution < 1.29 is 27.4 Å². The molecule has 1 amide bonds. The maximum atomic E-state index is 13.9. The number of aromatic nitrogens is 2. The zero-order valence-corrected chi connectivity index (χ0v) is 20.8. The third-order valence-electron chi connectivity index (χ3n) is 5.86. The Balaban J connectivity index is 1.58. The highest BCUT2D eigenvalue weighted by molar-refractivity contribution is 7.89. The molecule has 2 atom stereocenters. The summed E-state index contributed by atoms with van der Waals surface area (Å²) in [4.78, 5) is 20.9. The van der Waals surface area contributed by atoms with Crippen LogP contribution in [0.25, 0.3) is 11.3 Å². The lowest BCUT2D eigenvalue weighted by molar-refractivity contribution is -0.125. The van der Waals surface area contributed by atoms with E-state index in [1.165, 1.54) is 32.4 Å². The minimum Gasteiger partial charge on any atom is -0.497 e. The van der Waals surface area contributed by atoms with Crippen LogP contribution >= 0.6 is 11.6 Å². The van der Waals surface area contributed by atoms with Gasteiger partial charge in [0.05, 0.1) is 41.6 Å². The van der Waals surface area contributed by atoms with Crippen molar-refractivity contribution in [2.24, 2.45) is 0 Å². The molecule has 13 heteroatoms. The number of ether oxygens (including phenoxy) is 1. The topological polar surface area (TPSA) is 148 Å². The van der Waals surface area contributed by atoms with Gasteiger partial charge >= 0.3 is 0 Å². The van der Waals surface area contributed by atoms with Crippen molar-refractivity contribution in [3.8, 4) is 17.0 Å². The molecule has 4 N–H and O–H groups in total. The number of fused-ring (bicyclic) bond motifs is 1. The van der Waals surface area contributed by atoms with Gasteiger partial charge in [-0.2, -0.15) is 4.31 Å². The number of carbonyl (C=O) groups is 1. The molecule has 0 radical (unpaired) electrons. The van der Waals surface area contributed by atoms with Crippen molar-refractivity contribution in [2.75, 3.05) is 19.5 Å². The quantitative estimate of drug-likeness (QED) is 0.417. The van der Waals surface area contributed by atoms with Crippen molar-refractivity contribution in [3.05, 3.63) is 64.6 Å². The Morgan fingerprint density at radius 2 is 2.08 bits per heavy atom. The Morgan fingerprint density at radius 3 is 2.78 bits per heavy atom. The highest BCUT2D eigenvalue weighted by atomic mass is 35.5. The zero-order valence-electron chi connectivity index (χ0n) is 19.3. The Morgan fingerprint density at radius 1 is 1.33 bits per heavy atom. The third-order valence-corrected chi connectivity index (χ3v) is 8.13. The van der Waals surface area contributed by atoms with Crippen LogP contribution in [0.2, 0.25) is 5.02 Å². The summed E-state index contributed by atoms with van der Waals surface area (Å²) < 4.78 is 46.7. The molecule has 2 heterocycles. The van der Waals surface area contributed by atoms with Gasteiger partial charge in [-0.15, -0.1) is 0 Å². The number of nitrogens with two attached hydrogens (primary N) is 1. The second kappa shape index (κ2) is 9.97. The summed E-state index contributed by atoms with van der Waals surface area (Å²) in [6.45, 7) is 0.857. The van der Waals surface area contributed by atoms with Crippen LogP contribution in [0, 0.1) is 5.82 Å². The number of aliphatic hydroxyl groups is 1. The second-order valence-corrected chi connectivity index (χ2v) is 10.4. The molecule has 3 aromatic rings. The molecule has 10 nitrogen and oxygen atoms in total. The predicted molar refractivity (Wildman–Crippen MR) is 130 cm³/mol. The van der Waals surface area contributed by atoms with Crippen LogP contribution < -0.4 is 15.8 Å². The average Bonchev–Trinajstić information content (AvgIpc) is 3.12. The predicted octanol–water partition coefficient (Wildman–Crippen LogP) is 2.27. The number of nitrogens with one attached hydrogen (secondary N) is 1. The van der Waals surface area contributed by atoms with Crippen LogP contribution in [-0.2, 0) is 21.4 Å². The number of aliphatic hydroxyl groups excluding tert-OH is 1. The van der Waals surface area contributed by atoms with E-state index in [1.54, 1.807) is 12.1 Å². The molecule has 0 aliphatic carbocycles. The van der Waals surface area contributed by atoms with Crippen LogP contribution in [0.1, 0.15) is 24.1 Å². The number of amides is 1. The summed E-state index contributed by atoms with van der Waals surface area (Å²) in [5.74, 6) is -1.08. The Labute approximate surface area is 211 Å². The van der Waals surface area contributed by atoms with Crippen LogP contribution in [0.4, 0.5) is 10.3 Å². The fraction of sp³-hybridized carbons (Fsp3) is 0.261. The van der Waals surface area contributed by atoms with Crippen LogP contribution in [0.15, 0.2) is 47.5 Å². The third kappa shape index (κ3) is 4.85. The lowest BCUT2D eigenvalue weighted by Crippen LogP contribution is -2.46. The number of rotatable bonds is 7. The molecule has 36 heavy (non-hydrogen) atoms. The molecular formula is C23H23ClFN5O5S. The minimum absolute atomic E-state index is 0.0148. The maximum absolute atomic E-state index is 13.9. The van der Waals surface area contributed by atoms with Crippen LogP contribution in [0.5, 0.6) is 5.75 Å². The van der Waals surface area contributed by atoms with Gasteiger partial charge in [-0.05, 0) is 36.2 Å². The molecule has 1 aromatic heterocycles. The largest absolute Gasteiger partial charge is 0.497 e. The molecule has 0 bridgehead atoms. The Bertz CT molecular complexity index is 1440. The summed E-state index contributed by atoms with van der Waals surface area (Å²) in [5.41, 5.74) is 7.12. The van der Waals surface area contributed by atoms with Gasteiger partial charge in [0.2, 0.25) is 21.9 Å². The first-order valence-electron chi connectivity index (χ1n) is 10.7. The zero-order chi connectivity index (χ0) is 26.2. The average molecular weight is 536 g/mol. The molecule has 0 spiro atoms. The smallest absolute Gasteiger partial charge is 0.244 e. The Hall–Kier alpha value is -3.32. The van der Waals surface area contributed by atoms with Gasteiger partial charge in [-0.1, -0.05) is 23.7 Å². The van der Waals surface area contributed by atoms with E-state index in [4.69, 9.17) is 22.1 Å². The van der Waals surface area contributed by atoms with Crippen LogP contribution in [0.3, 0.4) is 0 Å². The van der Waals surface area contributed by atoms with Gasteiger partial charge in [0, 0.05) is 18.2 Å². The number of methoxy groups -OCH3 is 1. The number of hydrogen-bond donors (Lipinski definition) is 3. The highest BCUT2D eigenvalue weighted by Crippen LogP contribution is 2.36. The first-order valence-corrected chi connectivity index (χ1v) is 12.6. The summed E-state index contributed by atoms with van der Waals surface area (Å²) in [5, 5.41) is 12.6. The number of hydrogen-bond acceptors (Lipinski definition) is 8. The van der Waals surface area contributed by atoms with Crippen molar-refractivity contribution in [2.45, 2.75) is 30.4 Å². The number of halogens is 2. The van der Waals surface area contributed by atoms with E-state index in [9.17, 15) is 22.7 Å². The van der Waals surface area contributed by atoms with E-state index >= 15 is 0 Å². The summed E-state index contributed by atoms with van der Waals surface area (Å²) in [6.07, 6.45) is 1.32. The minimum atomic E-state index is -4.06. The summed E-state index contributed by atoms with van der Waals surface area (Å²) in [7, 11) is -2.69. The molecule has 4 rings (SSSR count). The van der Waals surface area contributed by atoms with Gasteiger partial charge in [-0.3, -0.25) is 4.79 Å². The molecule has 0 saturated heterocycles. The number of benzene rings is 2. The molecular weight excluding hydrogens is 513 g/mol. The summed E-state index contributed by atoms with van der Waals surface area (Å²) >= 11 is 6.17. The SMILES string of the molecule is COc1cc(F)cc([C@@H](CO)NC(=O)[C@@H](C)N2Cc3ccc(-c4nc(N)ncc4Cl)cc3S2(=O)=O)c1. The van der Waals surface area contributed by atoms with Crippen molar-refractivity contribution in [1.82, 2.24) is 19.6 Å². The van der Waals surface area contributed by atoms with E-state index in [2.05, 4.69) is 15.3 Å². The highest BCUT2D eigenvalue weighted by Gasteiger charge is 2.40. The van der Waals surface area contributed by atoms with E-state index < -0.39 is 40.4 Å². The van der Waals surface area contributed by atoms with E-state index in [-0.39, 0.29) is 39.4 Å². The van der Waals surface area contributed by atoms with Crippen molar-refractivity contribution in [1.29, 1.82) is 0 Å². The van der Waals surface area contributed by atoms with Gasteiger partial charge < -0.3 is 20.9 Å². The fourth-order valence-electron chi connectivity index (χ4n) is 3.94. The summed E-state index contributed by atoms with van der Waals surface area (Å²) in [6, 6.07) is 6.40. The monoisotopic (exact) mass is 535 g/mol. The fourth-order valence-corrected chi connectivity index (χ4v) is 5.95. The first-order chi connectivity index (χ1) is 17.0. The standard InChI is InChI=1S/C23H23ClFN5O5S/c1-12(22(32)28-19(11-31)15-5-16(25)8-17(6-15)35-2)30-10-14-4-3-13(7-20(14)36(30,33)34)21-18(24)9-27-23(26)29-21/h3-9,12,19,31H,10-11H2,1-2H3,(H,28,32)(H2,26,27,29)/t12-,19-/m1/s1. The van der Waals surface area contributed by atoms with Crippen LogP contribution in [-0.4, -0.2) is 53.5 Å². The lowest BCUT2D eigenvalue weighted by Gasteiger charge is -2.25. The van der Waals surface area contributed by atoms with Gasteiger partial charge in [0.15, 0.2) is 0 Å². The van der Waals surface area contributed by atoms with E-state index in [0.717, 1.165) is 16.4 Å².